The standard InChI is InChI=1S/C21H29N5O2S/c1-14(2)8-11-22-21(28)26-12-9-16(10-13-26)19-24-25-20(29-19)18(27)23-17-6-4-15(3)5-7-17/h4-7,14,16H,8-13H2,1-3H3,(H,22,28)(H,23,27). The van der Waals surface area contributed by atoms with Gasteiger partial charge in [0.25, 0.3) is 5.91 Å². The third-order valence-electron chi connectivity index (χ3n) is 5.07. The average molecular weight is 416 g/mol. The molecule has 0 atom stereocenters. The van der Waals surface area contributed by atoms with Gasteiger partial charge in [-0.05, 0) is 44.2 Å². The predicted octanol–water partition coefficient (Wildman–Crippen LogP) is 4.03. The molecule has 29 heavy (non-hydrogen) atoms. The van der Waals surface area contributed by atoms with Crippen LogP contribution in [0.4, 0.5) is 10.5 Å². The molecule has 1 aliphatic heterocycles. The zero-order valence-electron chi connectivity index (χ0n) is 17.3. The number of carbonyl (C=O) groups is 2. The van der Waals surface area contributed by atoms with Crippen LogP contribution in [-0.4, -0.2) is 46.7 Å². The summed E-state index contributed by atoms with van der Waals surface area (Å²) in [4.78, 5) is 26.5. The van der Waals surface area contributed by atoms with E-state index >= 15 is 0 Å². The number of hydrogen-bond donors (Lipinski definition) is 2. The van der Waals surface area contributed by atoms with E-state index in [2.05, 4.69) is 34.7 Å². The molecule has 8 heteroatoms. The average Bonchev–Trinajstić information content (AvgIpc) is 3.20. The van der Waals surface area contributed by atoms with Crippen LogP contribution in [0.2, 0.25) is 0 Å². The maximum absolute atomic E-state index is 12.4. The third-order valence-corrected chi connectivity index (χ3v) is 6.16. The highest BCUT2D eigenvalue weighted by Gasteiger charge is 2.27. The Morgan fingerprint density at radius 3 is 2.52 bits per heavy atom. The van der Waals surface area contributed by atoms with Gasteiger partial charge in [0.05, 0.1) is 0 Å². The van der Waals surface area contributed by atoms with E-state index in [-0.39, 0.29) is 17.9 Å². The van der Waals surface area contributed by atoms with Crippen LogP contribution in [0.5, 0.6) is 0 Å². The molecule has 2 heterocycles. The van der Waals surface area contributed by atoms with Gasteiger partial charge in [0, 0.05) is 31.2 Å². The maximum atomic E-state index is 12.4. The monoisotopic (exact) mass is 415 g/mol. The van der Waals surface area contributed by atoms with E-state index < -0.39 is 0 Å². The lowest BCUT2D eigenvalue weighted by Crippen LogP contribution is -2.44. The zero-order chi connectivity index (χ0) is 20.8. The summed E-state index contributed by atoms with van der Waals surface area (Å²) >= 11 is 1.34. The van der Waals surface area contributed by atoms with Gasteiger partial charge in [-0.2, -0.15) is 0 Å². The van der Waals surface area contributed by atoms with E-state index in [4.69, 9.17) is 0 Å². The van der Waals surface area contributed by atoms with Crippen LogP contribution in [0.25, 0.3) is 0 Å². The Hall–Kier alpha value is -2.48. The molecule has 2 N–H and O–H groups in total. The van der Waals surface area contributed by atoms with Gasteiger partial charge < -0.3 is 15.5 Å². The Bertz CT molecular complexity index is 826. The lowest BCUT2D eigenvalue weighted by Gasteiger charge is -2.31. The number of amides is 3. The van der Waals surface area contributed by atoms with E-state index in [0.717, 1.165) is 35.5 Å². The third kappa shape index (κ3) is 6.00. The lowest BCUT2D eigenvalue weighted by atomic mass is 9.98. The van der Waals surface area contributed by atoms with Crippen LogP contribution in [0.15, 0.2) is 24.3 Å². The quantitative estimate of drug-likeness (QED) is 0.746. The second-order valence-electron chi connectivity index (χ2n) is 7.94. The number of aryl methyl sites for hydroxylation is 1. The van der Waals surface area contributed by atoms with Gasteiger partial charge in [-0.1, -0.05) is 42.9 Å². The fourth-order valence-corrected chi connectivity index (χ4v) is 4.13. The second kappa shape index (κ2) is 9.82. The van der Waals surface area contributed by atoms with E-state index in [1.165, 1.54) is 11.3 Å². The van der Waals surface area contributed by atoms with Crippen LogP contribution in [-0.2, 0) is 0 Å². The van der Waals surface area contributed by atoms with E-state index in [0.29, 0.717) is 30.6 Å². The molecule has 1 aromatic heterocycles. The topological polar surface area (TPSA) is 87.2 Å². The first-order valence-electron chi connectivity index (χ1n) is 10.2. The molecule has 0 saturated carbocycles. The Morgan fingerprint density at radius 1 is 1.17 bits per heavy atom. The molecule has 156 valence electrons. The van der Waals surface area contributed by atoms with Gasteiger partial charge in [0.15, 0.2) is 0 Å². The maximum Gasteiger partial charge on any atom is 0.317 e. The van der Waals surface area contributed by atoms with Crippen molar-refractivity contribution in [3.05, 3.63) is 39.8 Å². The zero-order valence-corrected chi connectivity index (χ0v) is 18.1. The number of benzene rings is 1. The van der Waals surface area contributed by atoms with Crippen molar-refractivity contribution in [2.24, 2.45) is 5.92 Å². The number of likely N-dealkylation sites (tertiary alicyclic amines) is 1. The molecule has 3 rings (SSSR count). The summed E-state index contributed by atoms with van der Waals surface area (Å²) in [5.74, 6) is 0.587. The number of hydrogen-bond acceptors (Lipinski definition) is 5. The Balaban J connectivity index is 1.49. The number of urea groups is 1. The minimum absolute atomic E-state index is 0.0135. The summed E-state index contributed by atoms with van der Waals surface area (Å²) in [7, 11) is 0. The van der Waals surface area contributed by atoms with Crippen molar-refractivity contribution >= 4 is 29.0 Å². The van der Waals surface area contributed by atoms with E-state index in [9.17, 15) is 9.59 Å². The Kier molecular flexibility index (Phi) is 7.19. The summed E-state index contributed by atoms with van der Waals surface area (Å²) < 4.78 is 0. The second-order valence-corrected chi connectivity index (χ2v) is 8.95. The largest absolute Gasteiger partial charge is 0.338 e. The van der Waals surface area contributed by atoms with Crippen LogP contribution >= 0.6 is 11.3 Å². The normalized spacial score (nSPS) is 14.8. The molecule has 1 aromatic carbocycles. The van der Waals surface area contributed by atoms with Crippen LogP contribution in [0, 0.1) is 12.8 Å². The summed E-state index contributed by atoms with van der Waals surface area (Å²) in [6.45, 7) is 8.41. The minimum atomic E-state index is -0.237. The van der Waals surface area contributed by atoms with Gasteiger partial charge in [-0.25, -0.2) is 4.79 Å². The molecule has 2 aromatic rings. The summed E-state index contributed by atoms with van der Waals surface area (Å²) in [5.41, 5.74) is 1.88. The number of rotatable bonds is 6. The molecule has 0 aliphatic carbocycles. The van der Waals surface area contributed by atoms with Crippen LogP contribution in [0.1, 0.15) is 59.4 Å². The summed E-state index contributed by atoms with van der Waals surface area (Å²) in [6, 6.07) is 7.66. The molecular formula is C21H29N5O2S. The first-order valence-corrected chi connectivity index (χ1v) is 11.0. The highest BCUT2D eigenvalue weighted by Crippen LogP contribution is 2.30. The molecule has 0 unspecified atom stereocenters. The molecule has 1 aliphatic rings. The number of carbonyl (C=O) groups excluding carboxylic acids is 2. The van der Waals surface area contributed by atoms with E-state index in [1.54, 1.807) is 0 Å². The summed E-state index contributed by atoms with van der Waals surface area (Å²) in [6.07, 6.45) is 2.66. The lowest BCUT2D eigenvalue weighted by molar-refractivity contribution is 0.102. The van der Waals surface area contributed by atoms with Crippen molar-refractivity contribution in [1.82, 2.24) is 20.4 Å². The van der Waals surface area contributed by atoms with E-state index in [1.807, 2.05) is 36.1 Å². The van der Waals surface area contributed by atoms with Gasteiger partial charge in [0.2, 0.25) is 5.01 Å². The SMILES string of the molecule is Cc1ccc(NC(=O)c2nnc(C3CCN(C(=O)NCCC(C)C)CC3)s2)cc1. The molecule has 0 spiro atoms. The van der Waals surface area contributed by atoms with Gasteiger partial charge in [-0.15, -0.1) is 10.2 Å². The van der Waals surface area contributed by atoms with Crippen molar-refractivity contribution in [2.75, 3.05) is 25.0 Å². The van der Waals surface area contributed by atoms with Gasteiger partial charge >= 0.3 is 6.03 Å². The van der Waals surface area contributed by atoms with Gasteiger partial charge in [0.1, 0.15) is 5.01 Å². The molecule has 0 bridgehead atoms. The highest BCUT2D eigenvalue weighted by molar-refractivity contribution is 7.13. The van der Waals surface area contributed by atoms with Crippen LogP contribution in [0.3, 0.4) is 0 Å². The Labute approximate surface area is 175 Å². The minimum Gasteiger partial charge on any atom is -0.338 e. The Morgan fingerprint density at radius 2 is 1.86 bits per heavy atom. The first kappa shape index (κ1) is 21.2. The van der Waals surface area contributed by atoms with Crippen molar-refractivity contribution in [1.29, 1.82) is 0 Å². The number of aromatic nitrogens is 2. The molecule has 3 amide bonds. The first-order chi connectivity index (χ1) is 13.9. The van der Waals surface area contributed by atoms with Crippen molar-refractivity contribution in [2.45, 2.75) is 46.0 Å². The van der Waals surface area contributed by atoms with Crippen LogP contribution < -0.4 is 10.6 Å². The van der Waals surface area contributed by atoms with Gasteiger partial charge in [-0.3, -0.25) is 4.79 Å². The molecule has 1 saturated heterocycles. The summed E-state index contributed by atoms with van der Waals surface area (Å²) in [5, 5.41) is 15.4. The molecule has 7 nitrogen and oxygen atoms in total. The number of piperidine rings is 1. The number of anilines is 1. The predicted molar refractivity (Wildman–Crippen MR) is 115 cm³/mol. The fraction of sp³-hybridized carbons (Fsp3) is 0.524. The molecule has 1 fully saturated rings. The van der Waals surface area contributed by atoms with Crippen molar-refractivity contribution in [3.63, 3.8) is 0 Å². The number of nitrogens with one attached hydrogen (secondary N) is 2. The smallest absolute Gasteiger partial charge is 0.317 e. The highest BCUT2D eigenvalue weighted by atomic mass is 32.1. The number of nitrogens with zero attached hydrogens (tertiary/aromatic N) is 3. The fourth-order valence-electron chi connectivity index (χ4n) is 3.22. The molecular weight excluding hydrogens is 386 g/mol. The van der Waals surface area contributed by atoms with Crippen molar-refractivity contribution < 1.29 is 9.59 Å². The molecule has 0 radical (unpaired) electrons. The van der Waals surface area contributed by atoms with Crippen molar-refractivity contribution in [3.8, 4) is 0 Å².